The summed E-state index contributed by atoms with van der Waals surface area (Å²) >= 11 is 0. The number of hydrogen-bond donors (Lipinski definition) is 4. The zero-order chi connectivity index (χ0) is 35.6. The van der Waals surface area contributed by atoms with E-state index >= 15 is 0 Å². The Balaban J connectivity index is 1.43. The molecule has 8 nitrogen and oxygen atoms in total. The van der Waals surface area contributed by atoms with E-state index in [0.29, 0.717) is 13.0 Å². The van der Waals surface area contributed by atoms with Crippen molar-refractivity contribution in [3.05, 3.63) is 102 Å². The van der Waals surface area contributed by atoms with E-state index in [4.69, 9.17) is 5.73 Å². The first-order chi connectivity index (χ1) is 23.2. The quantitative estimate of drug-likeness (QED) is 0.164. The van der Waals surface area contributed by atoms with Gasteiger partial charge in [-0.25, -0.2) is 0 Å². The lowest BCUT2D eigenvalue weighted by atomic mass is 9.52. The van der Waals surface area contributed by atoms with Crippen molar-refractivity contribution in [3.8, 4) is 5.75 Å². The molecule has 5 N–H and O–H groups in total. The van der Waals surface area contributed by atoms with E-state index in [1.807, 2.05) is 36.4 Å². The van der Waals surface area contributed by atoms with Crippen LogP contribution in [0.2, 0.25) is 0 Å². The van der Waals surface area contributed by atoms with Gasteiger partial charge in [0.05, 0.1) is 11.6 Å². The molecule has 5 rings (SSSR count). The third-order valence-corrected chi connectivity index (χ3v) is 10.9. The Morgan fingerprint density at radius 2 is 1.53 bits per heavy atom. The molecule has 0 amide bonds. The van der Waals surface area contributed by atoms with Crippen molar-refractivity contribution in [2.24, 2.45) is 16.6 Å². The zero-order valence-corrected chi connectivity index (χ0v) is 27.5. The fourth-order valence-electron chi connectivity index (χ4n) is 8.20. The predicted octanol–water partition coefficient (Wildman–Crippen LogP) is 6.31. The van der Waals surface area contributed by atoms with Crippen LogP contribution in [0, 0.1) is 10.8 Å². The van der Waals surface area contributed by atoms with Gasteiger partial charge in [-0.15, -0.1) is 0 Å². The van der Waals surface area contributed by atoms with Gasteiger partial charge in [0.2, 0.25) is 0 Å². The summed E-state index contributed by atoms with van der Waals surface area (Å²) in [4.78, 5) is 28.6. The highest BCUT2D eigenvalue weighted by atomic mass is 19.3. The number of piperidine rings is 2. The number of aliphatic carboxylic acids is 2. The van der Waals surface area contributed by atoms with Crippen molar-refractivity contribution >= 4 is 11.9 Å². The summed E-state index contributed by atoms with van der Waals surface area (Å²) in [6.07, 6.45) is -8.08. The maximum atomic E-state index is 13.9. The first-order valence-electron chi connectivity index (χ1n) is 16.5. The summed E-state index contributed by atoms with van der Waals surface area (Å²) in [7, 11) is 0. The van der Waals surface area contributed by atoms with Crippen LogP contribution in [0.15, 0.2) is 84.9 Å². The number of carboxylic acid groups (broad SMARTS) is 2. The van der Waals surface area contributed by atoms with Gasteiger partial charge in [-0.3, -0.25) is 14.9 Å². The molecule has 49 heavy (non-hydrogen) atoms. The standard InChI is InChI=1S/C37H43F4N3O5/c1-24-36(33(47)48,17-10-20-44-21-18-35(19-22-44,26-12-5-3-6-13-26)27-14-7-4-8-15-27)29(34(2,32(45)46)31(42)43-24)25-11-9-16-28(23-25)49-37(40,41)30(38)39/h3-9,11-16,23-24,29-31,43H,10,17-22,42H2,1-2H3,(H,45,46)(H,47,48). The molecular weight excluding hydrogens is 642 g/mol. The molecular formula is C37H43F4N3O5. The number of rotatable bonds is 12. The number of nitrogens with one attached hydrogen (secondary N) is 1. The van der Waals surface area contributed by atoms with Crippen LogP contribution in [0.1, 0.15) is 62.1 Å². The Bertz CT molecular complexity index is 1560. The van der Waals surface area contributed by atoms with Crippen LogP contribution in [0.4, 0.5) is 17.6 Å². The van der Waals surface area contributed by atoms with E-state index in [-0.39, 0.29) is 17.4 Å². The molecule has 5 atom stereocenters. The second-order valence-corrected chi connectivity index (χ2v) is 13.5. The number of benzene rings is 3. The Morgan fingerprint density at radius 3 is 2.04 bits per heavy atom. The molecule has 12 heteroatoms. The van der Waals surface area contributed by atoms with Crippen LogP contribution in [-0.4, -0.2) is 71.4 Å². The van der Waals surface area contributed by atoms with Gasteiger partial charge >= 0.3 is 24.5 Å². The van der Waals surface area contributed by atoms with Gasteiger partial charge in [0.1, 0.15) is 11.2 Å². The molecule has 0 saturated carbocycles. The highest BCUT2D eigenvalue weighted by molar-refractivity contribution is 5.84. The number of carbonyl (C=O) groups is 2. The molecule has 0 radical (unpaired) electrons. The number of hydrogen-bond acceptors (Lipinski definition) is 6. The third kappa shape index (κ3) is 6.65. The average Bonchev–Trinajstić information content (AvgIpc) is 3.07. The molecule has 0 spiro atoms. The molecule has 5 unspecified atom stereocenters. The van der Waals surface area contributed by atoms with Gasteiger partial charge in [-0.2, -0.15) is 17.6 Å². The summed E-state index contributed by atoms with van der Waals surface area (Å²) in [6, 6.07) is 24.6. The molecule has 0 aromatic heterocycles. The number of nitrogens with zero attached hydrogens (tertiary/aromatic N) is 1. The van der Waals surface area contributed by atoms with Crippen molar-refractivity contribution in [1.29, 1.82) is 0 Å². The Morgan fingerprint density at radius 1 is 0.959 bits per heavy atom. The SMILES string of the molecule is CC1NC(N)C(C)(C(=O)O)C(c2cccc(OC(F)(F)C(F)F)c2)C1(CCCN1CCC(c2ccccc2)(c2ccccc2)CC1)C(=O)O. The van der Waals surface area contributed by atoms with Crippen LogP contribution in [0.3, 0.4) is 0 Å². The van der Waals surface area contributed by atoms with Gasteiger partial charge in [0.25, 0.3) is 0 Å². The topological polar surface area (TPSA) is 125 Å². The molecule has 3 aromatic rings. The van der Waals surface area contributed by atoms with Crippen LogP contribution in [-0.2, 0) is 15.0 Å². The number of halogens is 4. The number of ether oxygens (including phenoxy) is 1. The smallest absolute Gasteiger partial charge is 0.461 e. The van der Waals surface area contributed by atoms with Crippen LogP contribution in [0.5, 0.6) is 5.75 Å². The Hall–Kier alpha value is -4.00. The number of carboxylic acids is 2. The van der Waals surface area contributed by atoms with Crippen molar-refractivity contribution in [1.82, 2.24) is 10.2 Å². The highest BCUT2D eigenvalue weighted by Crippen LogP contribution is 2.57. The molecule has 264 valence electrons. The summed E-state index contributed by atoms with van der Waals surface area (Å²) in [6.45, 7) is 4.96. The molecule has 0 bridgehead atoms. The van der Waals surface area contributed by atoms with Crippen LogP contribution in [0.25, 0.3) is 0 Å². The van der Waals surface area contributed by atoms with E-state index in [2.05, 4.69) is 39.2 Å². The van der Waals surface area contributed by atoms with Gasteiger partial charge < -0.3 is 25.6 Å². The summed E-state index contributed by atoms with van der Waals surface area (Å²) in [5.41, 5.74) is 4.96. The summed E-state index contributed by atoms with van der Waals surface area (Å²) in [5.74, 6) is -4.68. The maximum absolute atomic E-state index is 13.9. The van der Waals surface area contributed by atoms with Crippen LogP contribution < -0.4 is 15.8 Å². The molecule has 3 aromatic carbocycles. The average molecular weight is 686 g/mol. The van der Waals surface area contributed by atoms with Crippen LogP contribution >= 0.6 is 0 Å². The lowest BCUT2D eigenvalue weighted by Crippen LogP contribution is -2.72. The van der Waals surface area contributed by atoms with Crippen molar-refractivity contribution in [2.75, 3.05) is 19.6 Å². The van der Waals surface area contributed by atoms with Gasteiger partial charge in [-0.05, 0) is 88.0 Å². The molecule has 0 aliphatic carbocycles. The minimum Gasteiger partial charge on any atom is -0.481 e. The van der Waals surface area contributed by atoms with Gasteiger partial charge in [-0.1, -0.05) is 72.8 Å². The van der Waals surface area contributed by atoms with Crippen molar-refractivity contribution < 1.29 is 42.1 Å². The third-order valence-electron chi connectivity index (χ3n) is 10.9. The Kier molecular flexibility index (Phi) is 10.4. The minimum absolute atomic E-state index is 0.0219. The minimum atomic E-state index is -4.82. The fourth-order valence-corrected chi connectivity index (χ4v) is 8.20. The molecule has 2 saturated heterocycles. The van der Waals surface area contributed by atoms with Crippen molar-refractivity contribution in [3.63, 3.8) is 0 Å². The predicted molar refractivity (Wildman–Crippen MR) is 176 cm³/mol. The lowest BCUT2D eigenvalue weighted by molar-refractivity contribution is -0.253. The van der Waals surface area contributed by atoms with E-state index in [9.17, 15) is 37.4 Å². The van der Waals surface area contributed by atoms with Gasteiger partial charge in [0, 0.05) is 17.4 Å². The second-order valence-electron chi connectivity index (χ2n) is 13.5. The number of nitrogens with two attached hydrogens (primary N) is 1. The number of likely N-dealkylation sites (tertiary alicyclic amines) is 1. The van der Waals surface area contributed by atoms with E-state index in [1.54, 1.807) is 6.92 Å². The van der Waals surface area contributed by atoms with Crippen molar-refractivity contribution in [2.45, 2.75) is 75.6 Å². The summed E-state index contributed by atoms with van der Waals surface area (Å²) in [5, 5.41) is 24.4. The van der Waals surface area contributed by atoms with E-state index < -0.39 is 59.2 Å². The van der Waals surface area contributed by atoms with E-state index in [0.717, 1.165) is 38.1 Å². The lowest BCUT2D eigenvalue weighted by Gasteiger charge is -2.56. The number of alkyl halides is 4. The largest absolute Gasteiger partial charge is 0.481 e. The zero-order valence-electron chi connectivity index (χ0n) is 27.5. The fraction of sp³-hybridized carbons (Fsp3) is 0.459. The summed E-state index contributed by atoms with van der Waals surface area (Å²) < 4.78 is 58.0. The highest BCUT2D eigenvalue weighted by Gasteiger charge is 2.65. The van der Waals surface area contributed by atoms with E-state index in [1.165, 1.54) is 30.2 Å². The van der Waals surface area contributed by atoms with Gasteiger partial charge in [0.15, 0.2) is 0 Å². The molecule has 2 aliphatic rings. The normalized spacial score (nSPS) is 27.5. The molecule has 2 aliphatic heterocycles. The first-order valence-corrected chi connectivity index (χ1v) is 16.5. The maximum Gasteiger partial charge on any atom is 0.461 e. The monoisotopic (exact) mass is 685 g/mol. The Labute approximate surface area is 283 Å². The molecule has 2 heterocycles. The molecule has 2 fully saturated rings. The first kappa shape index (κ1) is 36.3. The second kappa shape index (κ2) is 14.1.